The average molecular weight is 284 g/mol. The second kappa shape index (κ2) is 7.22. The van der Waals surface area contributed by atoms with Gasteiger partial charge in [-0.1, -0.05) is 0 Å². The fourth-order valence-electron chi connectivity index (χ4n) is 1.48. The molecule has 7 nitrogen and oxygen atoms in total. The summed E-state index contributed by atoms with van der Waals surface area (Å²) >= 11 is 0. The van der Waals surface area contributed by atoms with E-state index in [1.807, 2.05) is 0 Å². The lowest BCUT2D eigenvalue weighted by Gasteiger charge is -2.13. The highest BCUT2D eigenvalue weighted by molar-refractivity contribution is 5.96. The summed E-state index contributed by atoms with van der Waals surface area (Å²) in [5.41, 5.74) is 0.0764. The van der Waals surface area contributed by atoms with Crippen LogP contribution < -0.4 is 14.2 Å². The van der Waals surface area contributed by atoms with Crippen molar-refractivity contribution in [2.24, 2.45) is 0 Å². The van der Waals surface area contributed by atoms with Crippen molar-refractivity contribution in [1.82, 2.24) is 0 Å². The molecule has 0 saturated heterocycles. The van der Waals surface area contributed by atoms with Gasteiger partial charge in [0.05, 0.1) is 33.5 Å². The summed E-state index contributed by atoms with van der Waals surface area (Å²) in [7, 11) is 4.27. The van der Waals surface area contributed by atoms with E-state index < -0.39 is 12.1 Å². The molecule has 110 valence electrons. The number of carbonyl (C=O) groups is 2. The molecule has 0 radical (unpaired) electrons. The van der Waals surface area contributed by atoms with Crippen LogP contribution in [0.2, 0.25) is 0 Å². The molecule has 0 fully saturated rings. The molecular formula is C13H16O7. The molecule has 0 aliphatic heterocycles. The molecule has 20 heavy (non-hydrogen) atoms. The Hall–Kier alpha value is -2.44. The lowest BCUT2D eigenvalue weighted by Crippen LogP contribution is -2.14. The van der Waals surface area contributed by atoms with Crippen molar-refractivity contribution in [3.8, 4) is 17.2 Å². The van der Waals surface area contributed by atoms with Crippen LogP contribution in [0.1, 0.15) is 17.3 Å². The van der Waals surface area contributed by atoms with Crippen LogP contribution in [0.5, 0.6) is 17.2 Å². The first-order chi connectivity index (χ1) is 9.57. The molecule has 0 aliphatic rings. The normalized spacial score (nSPS) is 9.60. The minimum Gasteiger partial charge on any atom is -0.493 e. The number of hydrogen-bond donors (Lipinski definition) is 0. The lowest BCUT2D eigenvalue weighted by molar-refractivity contribution is 0.0401. The number of carbonyl (C=O) groups excluding carboxylic acids is 2. The molecular weight excluding hydrogens is 268 g/mol. The zero-order valence-electron chi connectivity index (χ0n) is 11.7. The third-order valence-electron chi connectivity index (χ3n) is 2.34. The van der Waals surface area contributed by atoms with Gasteiger partial charge in [0, 0.05) is 0 Å². The second-order valence-electron chi connectivity index (χ2n) is 3.49. The van der Waals surface area contributed by atoms with Crippen molar-refractivity contribution in [2.75, 3.05) is 27.9 Å². The molecule has 0 heterocycles. The standard InChI is InChI=1S/C13H16O7/c1-5-19-13(15)20-12(14)8-6-9(16-2)11(18-4)10(7-8)17-3/h6-7H,5H2,1-4H3. The summed E-state index contributed by atoms with van der Waals surface area (Å²) in [5.74, 6) is 0.0238. The van der Waals surface area contributed by atoms with Gasteiger partial charge >= 0.3 is 12.1 Å². The topological polar surface area (TPSA) is 80.3 Å². The molecule has 0 saturated carbocycles. The first-order valence-corrected chi connectivity index (χ1v) is 5.76. The molecule has 0 N–H and O–H groups in total. The van der Waals surface area contributed by atoms with E-state index >= 15 is 0 Å². The van der Waals surface area contributed by atoms with Crippen LogP contribution >= 0.6 is 0 Å². The van der Waals surface area contributed by atoms with Crippen LogP contribution in [0.4, 0.5) is 4.79 Å². The second-order valence-corrected chi connectivity index (χ2v) is 3.49. The van der Waals surface area contributed by atoms with E-state index in [1.165, 1.54) is 33.5 Å². The van der Waals surface area contributed by atoms with Gasteiger partial charge in [-0.05, 0) is 19.1 Å². The molecule has 0 bridgehead atoms. The first-order valence-electron chi connectivity index (χ1n) is 5.76. The van der Waals surface area contributed by atoms with Gasteiger partial charge in [0.25, 0.3) is 0 Å². The Balaban J connectivity index is 3.06. The van der Waals surface area contributed by atoms with Crippen molar-refractivity contribution >= 4 is 12.1 Å². The molecule has 7 heteroatoms. The SMILES string of the molecule is CCOC(=O)OC(=O)c1cc(OC)c(OC)c(OC)c1. The van der Waals surface area contributed by atoms with E-state index in [2.05, 4.69) is 9.47 Å². The minimum atomic E-state index is -1.06. The molecule has 1 aromatic rings. The maximum atomic E-state index is 11.8. The van der Waals surface area contributed by atoms with E-state index in [4.69, 9.17) is 14.2 Å². The summed E-state index contributed by atoms with van der Waals surface area (Å²) < 4.78 is 24.3. The summed E-state index contributed by atoms with van der Waals surface area (Å²) in [4.78, 5) is 22.9. The fraction of sp³-hybridized carbons (Fsp3) is 0.385. The number of esters is 1. The molecule has 0 unspecified atom stereocenters. The van der Waals surface area contributed by atoms with Gasteiger partial charge in [-0.3, -0.25) is 0 Å². The Morgan fingerprint density at radius 1 is 1.00 bits per heavy atom. The van der Waals surface area contributed by atoms with Crippen LogP contribution in [-0.4, -0.2) is 40.1 Å². The van der Waals surface area contributed by atoms with E-state index in [9.17, 15) is 9.59 Å². The smallest absolute Gasteiger partial charge is 0.493 e. The maximum absolute atomic E-state index is 11.8. The minimum absolute atomic E-state index is 0.0764. The predicted octanol–water partition coefficient (Wildman–Crippen LogP) is 2.03. The highest BCUT2D eigenvalue weighted by Gasteiger charge is 2.20. The molecule has 0 atom stereocenters. The zero-order valence-corrected chi connectivity index (χ0v) is 11.7. The Kier molecular flexibility index (Phi) is 5.64. The van der Waals surface area contributed by atoms with Gasteiger partial charge in [-0.15, -0.1) is 0 Å². The largest absolute Gasteiger partial charge is 0.516 e. The highest BCUT2D eigenvalue weighted by atomic mass is 16.7. The van der Waals surface area contributed by atoms with Gasteiger partial charge in [0.15, 0.2) is 11.5 Å². The molecule has 0 aliphatic carbocycles. The third-order valence-corrected chi connectivity index (χ3v) is 2.34. The number of ether oxygens (including phenoxy) is 5. The number of benzene rings is 1. The fourth-order valence-corrected chi connectivity index (χ4v) is 1.48. The molecule has 0 aromatic heterocycles. The molecule has 0 amide bonds. The van der Waals surface area contributed by atoms with Crippen molar-refractivity contribution in [1.29, 1.82) is 0 Å². The van der Waals surface area contributed by atoms with Crippen LogP contribution in [0.25, 0.3) is 0 Å². The van der Waals surface area contributed by atoms with Gasteiger partial charge in [0.1, 0.15) is 0 Å². The monoisotopic (exact) mass is 284 g/mol. The summed E-state index contributed by atoms with van der Waals surface area (Å²) in [6.45, 7) is 1.71. The Bertz CT molecular complexity index is 470. The number of methoxy groups -OCH3 is 3. The Morgan fingerprint density at radius 3 is 1.95 bits per heavy atom. The van der Waals surface area contributed by atoms with Crippen LogP contribution in [-0.2, 0) is 9.47 Å². The third kappa shape index (κ3) is 3.53. The van der Waals surface area contributed by atoms with E-state index in [1.54, 1.807) is 6.92 Å². The van der Waals surface area contributed by atoms with E-state index in [-0.39, 0.29) is 23.7 Å². The van der Waals surface area contributed by atoms with Crippen molar-refractivity contribution in [3.63, 3.8) is 0 Å². The quantitative estimate of drug-likeness (QED) is 0.604. The van der Waals surface area contributed by atoms with Crippen molar-refractivity contribution in [3.05, 3.63) is 17.7 Å². The summed E-state index contributed by atoms with van der Waals surface area (Å²) in [6, 6.07) is 2.76. The van der Waals surface area contributed by atoms with Crippen LogP contribution in [0.15, 0.2) is 12.1 Å². The summed E-state index contributed by atoms with van der Waals surface area (Å²) in [5, 5.41) is 0. The number of rotatable bonds is 5. The Labute approximate surface area is 116 Å². The molecule has 1 aromatic carbocycles. The van der Waals surface area contributed by atoms with Crippen LogP contribution in [0.3, 0.4) is 0 Å². The predicted molar refractivity (Wildman–Crippen MR) is 68.5 cm³/mol. The van der Waals surface area contributed by atoms with Gasteiger partial charge in [-0.2, -0.15) is 0 Å². The van der Waals surface area contributed by atoms with Crippen molar-refractivity contribution < 1.29 is 33.3 Å². The van der Waals surface area contributed by atoms with Crippen molar-refractivity contribution in [2.45, 2.75) is 6.92 Å². The van der Waals surface area contributed by atoms with Gasteiger partial charge < -0.3 is 23.7 Å². The van der Waals surface area contributed by atoms with E-state index in [0.29, 0.717) is 5.75 Å². The highest BCUT2D eigenvalue weighted by Crippen LogP contribution is 2.38. The van der Waals surface area contributed by atoms with Crippen LogP contribution in [0, 0.1) is 0 Å². The molecule has 1 rings (SSSR count). The lowest BCUT2D eigenvalue weighted by atomic mass is 10.2. The van der Waals surface area contributed by atoms with E-state index in [0.717, 1.165) is 0 Å². The maximum Gasteiger partial charge on any atom is 0.516 e. The Morgan fingerprint density at radius 2 is 1.55 bits per heavy atom. The van der Waals surface area contributed by atoms with Gasteiger partial charge in [0.2, 0.25) is 5.75 Å². The number of hydrogen-bond acceptors (Lipinski definition) is 7. The first kappa shape index (κ1) is 15.6. The zero-order chi connectivity index (χ0) is 15.1. The van der Waals surface area contributed by atoms with Gasteiger partial charge in [-0.25, -0.2) is 9.59 Å². The molecule has 0 spiro atoms. The summed E-state index contributed by atoms with van der Waals surface area (Å²) in [6.07, 6.45) is -1.06. The average Bonchev–Trinajstić information content (AvgIpc) is 2.45.